The maximum Gasteiger partial charge on any atom is 0.331 e. The Morgan fingerprint density at radius 1 is 1.03 bits per heavy atom. The molecule has 0 spiro atoms. The third-order valence-corrected chi connectivity index (χ3v) is 7.16. The average Bonchev–Trinajstić information content (AvgIpc) is 3.60. The molecule has 0 unspecified atom stereocenters. The van der Waals surface area contributed by atoms with Gasteiger partial charge in [0.15, 0.2) is 11.5 Å². The lowest BCUT2D eigenvalue weighted by Crippen LogP contribution is -2.41. The first kappa shape index (κ1) is 23.7. The summed E-state index contributed by atoms with van der Waals surface area (Å²) in [6.45, 7) is 0.345. The number of ether oxygens (including phenoxy) is 2. The Kier molecular flexibility index (Phi) is 6.00. The Labute approximate surface area is 218 Å². The lowest BCUT2D eigenvalue weighted by atomic mass is 10.2. The molecule has 38 heavy (non-hydrogen) atoms. The first-order valence-electron chi connectivity index (χ1n) is 11.8. The second-order valence-electron chi connectivity index (χ2n) is 8.69. The summed E-state index contributed by atoms with van der Waals surface area (Å²) in [7, 11) is 0. The van der Waals surface area contributed by atoms with Gasteiger partial charge >= 0.3 is 5.69 Å². The quantitative estimate of drug-likeness (QED) is 0.339. The molecule has 5 heterocycles. The van der Waals surface area contributed by atoms with Crippen molar-refractivity contribution >= 4 is 33.1 Å². The fourth-order valence-electron chi connectivity index (χ4n) is 4.38. The van der Waals surface area contributed by atoms with Gasteiger partial charge in [-0.3, -0.25) is 27.9 Å². The number of aromatic nitrogens is 4. The van der Waals surface area contributed by atoms with Crippen molar-refractivity contribution in [3.8, 4) is 11.5 Å². The van der Waals surface area contributed by atoms with Crippen LogP contribution in [0.4, 0.5) is 0 Å². The standard InChI is InChI=1S/C26H21N5O6S/c32-22(27-13-16-4-5-19-20(11-16)37-15-36-19)6-9-30-25(34)24-18(7-10-38-24)31(26(30)35)14-17-12-23(33)29-8-2-1-3-21(29)28-17/h1-5,7-8,10-12H,6,9,13-15H2,(H,27,32). The second-order valence-corrected chi connectivity index (χ2v) is 9.61. The number of amides is 1. The Bertz CT molecular complexity index is 1890. The number of carbonyl (C=O) groups is 1. The number of pyridine rings is 1. The van der Waals surface area contributed by atoms with Gasteiger partial charge < -0.3 is 14.8 Å². The highest BCUT2D eigenvalue weighted by Gasteiger charge is 2.17. The van der Waals surface area contributed by atoms with Crippen molar-refractivity contribution in [1.82, 2.24) is 23.8 Å². The van der Waals surface area contributed by atoms with Gasteiger partial charge in [0.05, 0.1) is 17.8 Å². The van der Waals surface area contributed by atoms with Gasteiger partial charge in [-0.25, -0.2) is 9.78 Å². The number of benzene rings is 1. The summed E-state index contributed by atoms with van der Waals surface area (Å²) in [5.74, 6) is 0.969. The summed E-state index contributed by atoms with van der Waals surface area (Å²) in [5.41, 5.74) is 0.850. The molecule has 1 aromatic carbocycles. The van der Waals surface area contributed by atoms with E-state index in [0.717, 1.165) is 10.1 Å². The number of nitrogens with one attached hydrogen (secondary N) is 1. The molecule has 4 aromatic heterocycles. The van der Waals surface area contributed by atoms with Gasteiger partial charge in [-0.15, -0.1) is 11.3 Å². The zero-order valence-electron chi connectivity index (χ0n) is 20.0. The topological polar surface area (TPSA) is 126 Å². The fraction of sp³-hybridized carbons (Fsp3) is 0.192. The van der Waals surface area contributed by atoms with Gasteiger partial charge in [-0.1, -0.05) is 12.1 Å². The number of nitrogens with zero attached hydrogens (tertiary/aromatic N) is 4. The SMILES string of the molecule is O=C(CCn1c(=O)c2sccc2n(Cc2cc(=O)n3ccccc3n2)c1=O)NCc1ccc2c(c1)OCO2. The van der Waals surface area contributed by atoms with Gasteiger partial charge in [-0.2, -0.15) is 0 Å². The van der Waals surface area contributed by atoms with Gasteiger partial charge in [0, 0.05) is 31.8 Å². The molecule has 0 atom stereocenters. The van der Waals surface area contributed by atoms with E-state index in [1.807, 2.05) is 6.07 Å². The molecule has 5 aromatic rings. The number of rotatable bonds is 7. The summed E-state index contributed by atoms with van der Waals surface area (Å²) in [4.78, 5) is 56.1. The van der Waals surface area contributed by atoms with Crippen molar-refractivity contribution < 1.29 is 14.3 Å². The lowest BCUT2D eigenvalue weighted by Gasteiger charge is -2.12. The van der Waals surface area contributed by atoms with Crippen LogP contribution in [0.1, 0.15) is 17.7 Å². The molecule has 1 aliphatic heterocycles. The second kappa shape index (κ2) is 9.63. The fourth-order valence-corrected chi connectivity index (χ4v) is 5.23. The highest BCUT2D eigenvalue weighted by molar-refractivity contribution is 7.17. The maximum atomic E-state index is 13.4. The van der Waals surface area contributed by atoms with Crippen LogP contribution in [0.15, 0.2) is 74.5 Å². The normalized spacial score (nSPS) is 12.3. The summed E-state index contributed by atoms with van der Waals surface area (Å²) < 4.78 is 14.9. The third kappa shape index (κ3) is 4.34. The molecule has 1 N–H and O–H groups in total. The molecule has 192 valence electrons. The molecule has 0 fully saturated rings. The Morgan fingerprint density at radius 2 is 1.89 bits per heavy atom. The minimum atomic E-state index is -0.570. The molecular formula is C26H21N5O6S. The maximum absolute atomic E-state index is 13.4. The highest BCUT2D eigenvalue weighted by Crippen LogP contribution is 2.32. The summed E-state index contributed by atoms with van der Waals surface area (Å²) >= 11 is 1.22. The number of thiophene rings is 1. The van der Waals surface area contributed by atoms with Crippen LogP contribution in [0.3, 0.4) is 0 Å². The minimum Gasteiger partial charge on any atom is -0.454 e. The largest absolute Gasteiger partial charge is 0.454 e. The smallest absolute Gasteiger partial charge is 0.331 e. The predicted molar refractivity (Wildman–Crippen MR) is 140 cm³/mol. The van der Waals surface area contributed by atoms with E-state index in [9.17, 15) is 19.2 Å². The molecule has 12 heteroatoms. The van der Waals surface area contributed by atoms with Crippen LogP contribution in [0.2, 0.25) is 0 Å². The van der Waals surface area contributed by atoms with Crippen LogP contribution in [-0.4, -0.2) is 31.2 Å². The first-order chi connectivity index (χ1) is 18.5. The van der Waals surface area contributed by atoms with Gasteiger partial charge in [-0.05, 0) is 41.3 Å². The average molecular weight is 532 g/mol. The third-order valence-electron chi connectivity index (χ3n) is 6.27. The van der Waals surface area contributed by atoms with Crippen molar-refractivity contribution in [2.75, 3.05) is 6.79 Å². The van der Waals surface area contributed by atoms with E-state index in [2.05, 4.69) is 10.3 Å². The number of carbonyl (C=O) groups excluding carboxylic acids is 1. The molecule has 1 amide bonds. The molecule has 0 saturated heterocycles. The van der Waals surface area contributed by atoms with E-state index in [-0.39, 0.29) is 44.3 Å². The van der Waals surface area contributed by atoms with Gasteiger partial charge in [0.2, 0.25) is 12.7 Å². The Balaban J connectivity index is 1.23. The van der Waals surface area contributed by atoms with E-state index >= 15 is 0 Å². The molecule has 0 radical (unpaired) electrons. The lowest BCUT2D eigenvalue weighted by molar-refractivity contribution is -0.121. The molecular weight excluding hydrogens is 510 g/mol. The molecule has 0 aliphatic carbocycles. The van der Waals surface area contributed by atoms with Crippen molar-refractivity contribution in [2.45, 2.75) is 26.1 Å². The molecule has 11 nitrogen and oxygen atoms in total. The monoisotopic (exact) mass is 531 g/mol. The van der Waals surface area contributed by atoms with Crippen molar-refractivity contribution in [1.29, 1.82) is 0 Å². The van der Waals surface area contributed by atoms with Crippen LogP contribution in [0, 0.1) is 0 Å². The minimum absolute atomic E-state index is 0.00327. The van der Waals surface area contributed by atoms with E-state index in [1.54, 1.807) is 48.0 Å². The first-order valence-corrected chi connectivity index (χ1v) is 12.7. The Hall–Kier alpha value is -4.71. The Morgan fingerprint density at radius 3 is 2.79 bits per heavy atom. The van der Waals surface area contributed by atoms with Gasteiger partial charge in [0.1, 0.15) is 10.3 Å². The highest BCUT2D eigenvalue weighted by atomic mass is 32.1. The predicted octanol–water partition coefficient (Wildman–Crippen LogP) is 1.72. The van der Waals surface area contributed by atoms with Crippen LogP contribution in [0.5, 0.6) is 11.5 Å². The zero-order valence-corrected chi connectivity index (χ0v) is 20.8. The van der Waals surface area contributed by atoms with Crippen molar-refractivity contribution in [3.63, 3.8) is 0 Å². The van der Waals surface area contributed by atoms with Crippen LogP contribution < -0.4 is 31.6 Å². The molecule has 1 aliphatic rings. The van der Waals surface area contributed by atoms with Crippen LogP contribution in [-0.2, 0) is 24.4 Å². The van der Waals surface area contributed by atoms with E-state index in [4.69, 9.17) is 9.47 Å². The zero-order chi connectivity index (χ0) is 26.2. The summed E-state index contributed by atoms with van der Waals surface area (Å²) in [5, 5.41) is 4.53. The van der Waals surface area contributed by atoms with E-state index < -0.39 is 11.2 Å². The number of fused-ring (bicyclic) bond motifs is 3. The molecule has 6 rings (SSSR count). The summed E-state index contributed by atoms with van der Waals surface area (Å²) in [6.07, 6.45) is 1.56. The number of hydrogen-bond acceptors (Lipinski definition) is 8. The van der Waals surface area contributed by atoms with E-state index in [0.29, 0.717) is 33.1 Å². The summed E-state index contributed by atoms with van der Waals surface area (Å²) in [6, 6.07) is 13.7. The van der Waals surface area contributed by atoms with Crippen molar-refractivity contribution in [3.05, 3.63) is 103 Å². The number of hydrogen-bond donors (Lipinski definition) is 1. The molecule has 0 bridgehead atoms. The van der Waals surface area contributed by atoms with Gasteiger partial charge in [0.25, 0.3) is 11.1 Å². The van der Waals surface area contributed by atoms with Crippen LogP contribution >= 0.6 is 11.3 Å². The van der Waals surface area contributed by atoms with E-state index in [1.165, 1.54) is 26.4 Å². The molecule has 0 saturated carbocycles. The van der Waals surface area contributed by atoms with Crippen LogP contribution in [0.25, 0.3) is 15.9 Å². The van der Waals surface area contributed by atoms with Crippen molar-refractivity contribution in [2.24, 2.45) is 0 Å².